The van der Waals surface area contributed by atoms with E-state index < -0.39 is 49.4 Å². The Labute approximate surface area is 234 Å². The Morgan fingerprint density at radius 1 is 0.821 bits per heavy atom. The first kappa shape index (κ1) is 32.5. The van der Waals surface area contributed by atoms with Crippen LogP contribution in [0.25, 0.3) is 0 Å². The summed E-state index contributed by atoms with van der Waals surface area (Å²) in [6.45, 7) is 20.7. The van der Waals surface area contributed by atoms with E-state index in [2.05, 4.69) is 0 Å². The van der Waals surface area contributed by atoms with Gasteiger partial charge in [0.25, 0.3) is 0 Å². The maximum absolute atomic E-state index is 14.4. The third-order valence-corrected chi connectivity index (χ3v) is 11.2. The number of ketones is 1. The summed E-state index contributed by atoms with van der Waals surface area (Å²) in [5.41, 5.74) is -3.09. The SMILES string of the molecule is CC(C)(C)OC(=O)C[C@](O[Si](C)(C)C(C)(C)C)(C(=O)OC(C)(C)C)[C@@H](CC(=O)c1ccccc1)c1ccco1. The first-order valence-corrected chi connectivity index (χ1v) is 16.3. The van der Waals surface area contributed by atoms with Crippen molar-refractivity contribution >= 4 is 26.0 Å². The number of rotatable bonds is 10. The molecule has 39 heavy (non-hydrogen) atoms. The summed E-state index contributed by atoms with van der Waals surface area (Å²) >= 11 is 0. The van der Waals surface area contributed by atoms with Crippen LogP contribution in [0.2, 0.25) is 18.1 Å². The van der Waals surface area contributed by atoms with Crippen LogP contribution in [-0.2, 0) is 23.5 Å². The van der Waals surface area contributed by atoms with Gasteiger partial charge in [-0.2, -0.15) is 0 Å². The predicted octanol–water partition coefficient (Wildman–Crippen LogP) is 7.47. The topological polar surface area (TPSA) is 92.0 Å². The van der Waals surface area contributed by atoms with Gasteiger partial charge in [0.1, 0.15) is 17.0 Å². The summed E-state index contributed by atoms with van der Waals surface area (Å²) in [5, 5.41) is -0.328. The van der Waals surface area contributed by atoms with E-state index in [0.717, 1.165) is 0 Å². The molecule has 0 amide bonds. The van der Waals surface area contributed by atoms with Crippen LogP contribution in [0.5, 0.6) is 0 Å². The van der Waals surface area contributed by atoms with Crippen LogP contribution >= 0.6 is 0 Å². The second-order valence-electron chi connectivity index (χ2n) is 13.6. The zero-order valence-electron chi connectivity index (χ0n) is 25.5. The molecule has 216 valence electrons. The average molecular weight is 559 g/mol. The van der Waals surface area contributed by atoms with Crippen molar-refractivity contribution < 1.29 is 32.7 Å². The van der Waals surface area contributed by atoms with Crippen LogP contribution < -0.4 is 0 Å². The number of carbonyl (C=O) groups is 3. The highest BCUT2D eigenvalue weighted by atomic mass is 28.4. The fourth-order valence-electron chi connectivity index (χ4n) is 3.96. The summed E-state index contributed by atoms with van der Waals surface area (Å²) in [5.74, 6) is -2.18. The van der Waals surface area contributed by atoms with E-state index in [1.54, 1.807) is 77.9 Å². The van der Waals surface area contributed by atoms with Crippen LogP contribution in [0, 0.1) is 0 Å². The molecule has 1 aromatic heterocycles. The first-order valence-electron chi connectivity index (χ1n) is 13.4. The third-order valence-electron chi connectivity index (χ3n) is 6.75. The molecule has 0 N–H and O–H groups in total. The Kier molecular flexibility index (Phi) is 9.83. The molecule has 2 rings (SSSR count). The Hall–Kier alpha value is -2.71. The Morgan fingerprint density at radius 3 is 1.85 bits per heavy atom. The standard InChI is InChI=1S/C31H46O7Si/c1-28(2,3)36-26(33)21-31(27(34)37-29(4,5)6,38-39(10,11)30(7,8)9)23(25-18-15-19-35-25)20-24(32)22-16-13-12-14-17-22/h12-19,23H,20-21H2,1-11H3/t23-,31+/m0/s1. The number of Topliss-reactive ketones (excluding diaryl/α,β-unsaturated/α-hetero) is 1. The maximum atomic E-state index is 14.4. The minimum Gasteiger partial charge on any atom is -0.469 e. The summed E-state index contributed by atoms with van der Waals surface area (Å²) < 4.78 is 24.4. The molecule has 0 saturated carbocycles. The van der Waals surface area contributed by atoms with Crippen molar-refractivity contribution in [1.29, 1.82) is 0 Å². The Balaban J connectivity index is 2.83. The van der Waals surface area contributed by atoms with E-state index in [1.807, 2.05) is 39.9 Å². The second kappa shape index (κ2) is 11.8. The normalized spacial score (nSPS) is 15.3. The lowest BCUT2D eigenvalue weighted by Gasteiger charge is -2.47. The number of carbonyl (C=O) groups excluding carboxylic acids is 3. The highest BCUT2D eigenvalue weighted by Gasteiger charge is 2.58. The summed E-state index contributed by atoms with van der Waals surface area (Å²) in [6, 6.07) is 12.2. The first-order chi connectivity index (χ1) is 17.7. The van der Waals surface area contributed by atoms with E-state index in [0.29, 0.717) is 11.3 Å². The minimum atomic E-state index is -2.77. The predicted molar refractivity (Wildman–Crippen MR) is 154 cm³/mol. The summed E-state index contributed by atoms with van der Waals surface area (Å²) in [6.07, 6.45) is 0.891. The van der Waals surface area contributed by atoms with Crippen molar-refractivity contribution in [3.05, 3.63) is 60.1 Å². The van der Waals surface area contributed by atoms with Gasteiger partial charge in [-0.1, -0.05) is 51.1 Å². The number of furan rings is 1. The number of esters is 2. The smallest absolute Gasteiger partial charge is 0.339 e. The van der Waals surface area contributed by atoms with Gasteiger partial charge < -0.3 is 18.3 Å². The Morgan fingerprint density at radius 2 is 1.38 bits per heavy atom. The van der Waals surface area contributed by atoms with Gasteiger partial charge in [-0.15, -0.1) is 0 Å². The van der Waals surface area contributed by atoms with Gasteiger partial charge in [0.2, 0.25) is 0 Å². The number of hydrogen-bond acceptors (Lipinski definition) is 7. The highest BCUT2D eigenvalue weighted by Crippen LogP contribution is 2.47. The summed E-state index contributed by atoms with van der Waals surface area (Å²) in [7, 11) is -2.77. The van der Waals surface area contributed by atoms with Gasteiger partial charge in [0.15, 0.2) is 19.7 Å². The van der Waals surface area contributed by atoms with E-state index in [1.165, 1.54) is 6.26 Å². The summed E-state index contributed by atoms with van der Waals surface area (Å²) in [4.78, 5) is 41.5. The molecule has 0 aliphatic carbocycles. The third kappa shape index (κ3) is 8.90. The molecular weight excluding hydrogens is 512 g/mol. The van der Waals surface area contributed by atoms with E-state index >= 15 is 0 Å². The van der Waals surface area contributed by atoms with Crippen molar-refractivity contribution in [3.8, 4) is 0 Å². The van der Waals surface area contributed by atoms with Crippen LogP contribution in [-0.4, -0.2) is 42.8 Å². The van der Waals surface area contributed by atoms with Crippen LogP contribution in [0.1, 0.15) is 97.2 Å². The number of hydrogen-bond donors (Lipinski definition) is 0. The molecule has 0 saturated heterocycles. The fraction of sp³-hybridized carbons (Fsp3) is 0.581. The molecule has 8 heteroatoms. The zero-order chi connectivity index (χ0) is 29.9. The second-order valence-corrected chi connectivity index (χ2v) is 18.3. The molecule has 2 atom stereocenters. The van der Waals surface area contributed by atoms with Gasteiger partial charge in [-0.05, 0) is 71.8 Å². The highest BCUT2D eigenvalue weighted by molar-refractivity contribution is 6.74. The molecule has 0 radical (unpaired) electrons. The van der Waals surface area contributed by atoms with Gasteiger partial charge >= 0.3 is 11.9 Å². The molecule has 0 aliphatic heterocycles. The van der Waals surface area contributed by atoms with Crippen molar-refractivity contribution in [1.82, 2.24) is 0 Å². The lowest BCUT2D eigenvalue weighted by atomic mass is 9.78. The molecule has 0 unspecified atom stereocenters. The van der Waals surface area contributed by atoms with Crippen LogP contribution in [0.3, 0.4) is 0 Å². The van der Waals surface area contributed by atoms with Gasteiger partial charge in [0.05, 0.1) is 18.6 Å². The monoisotopic (exact) mass is 558 g/mol. The molecule has 0 fully saturated rings. The molecule has 0 spiro atoms. The zero-order valence-corrected chi connectivity index (χ0v) is 26.5. The number of ether oxygens (including phenoxy) is 2. The lowest BCUT2D eigenvalue weighted by molar-refractivity contribution is -0.185. The molecule has 0 bridgehead atoms. The quantitative estimate of drug-likeness (QED) is 0.170. The van der Waals surface area contributed by atoms with Crippen molar-refractivity contribution in [2.75, 3.05) is 0 Å². The lowest BCUT2D eigenvalue weighted by Crippen LogP contribution is -2.59. The average Bonchev–Trinajstić information content (AvgIpc) is 3.28. The van der Waals surface area contributed by atoms with Crippen molar-refractivity contribution in [3.63, 3.8) is 0 Å². The van der Waals surface area contributed by atoms with Crippen LogP contribution in [0.4, 0.5) is 0 Å². The van der Waals surface area contributed by atoms with E-state index in [4.69, 9.17) is 18.3 Å². The number of benzene rings is 1. The fourth-order valence-corrected chi connectivity index (χ4v) is 5.48. The van der Waals surface area contributed by atoms with Crippen LogP contribution in [0.15, 0.2) is 53.1 Å². The van der Waals surface area contributed by atoms with Gasteiger partial charge in [0, 0.05) is 12.0 Å². The molecule has 1 heterocycles. The molecule has 1 aromatic carbocycles. The molecule has 2 aromatic rings. The maximum Gasteiger partial charge on any atom is 0.339 e. The molecule has 0 aliphatic rings. The Bertz CT molecular complexity index is 1120. The van der Waals surface area contributed by atoms with Crippen molar-refractivity contribution in [2.24, 2.45) is 0 Å². The van der Waals surface area contributed by atoms with Crippen molar-refractivity contribution in [2.45, 2.75) is 116 Å². The molecular formula is C31H46O7Si. The van der Waals surface area contributed by atoms with Gasteiger partial charge in [-0.25, -0.2) is 4.79 Å². The van der Waals surface area contributed by atoms with E-state index in [9.17, 15) is 14.4 Å². The minimum absolute atomic E-state index is 0.145. The molecule has 7 nitrogen and oxygen atoms in total. The van der Waals surface area contributed by atoms with Gasteiger partial charge in [-0.3, -0.25) is 9.59 Å². The largest absolute Gasteiger partial charge is 0.469 e. The van der Waals surface area contributed by atoms with E-state index in [-0.39, 0.29) is 17.2 Å².